The molecule has 3 heteroatoms. The third kappa shape index (κ3) is 3.20. The summed E-state index contributed by atoms with van der Waals surface area (Å²) in [4.78, 5) is 0. The molecule has 1 aromatic heterocycles. The molecule has 0 saturated carbocycles. The third-order valence-corrected chi connectivity index (χ3v) is 1.18. The van der Waals surface area contributed by atoms with Crippen LogP contribution in [0.1, 0.15) is 12.7 Å². The zero-order valence-electron chi connectivity index (χ0n) is 6.49. The molecule has 0 aliphatic rings. The first-order valence-electron chi connectivity index (χ1n) is 3.57. The molecule has 0 fully saturated rings. The van der Waals surface area contributed by atoms with Gasteiger partial charge in [-0.3, -0.25) is 0 Å². The molecular formula is C8H12O3. The summed E-state index contributed by atoms with van der Waals surface area (Å²) in [5, 5.41) is 8.83. The molecule has 1 aromatic rings. The highest BCUT2D eigenvalue weighted by Crippen LogP contribution is 2.01. The molecule has 1 unspecified atom stereocenters. The highest BCUT2D eigenvalue weighted by Gasteiger charge is 1.97. The summed E-state index contributed by atoms with van der Waals surface area (Å²) in [5.41, 5.74) is 0. The quantitative estimate of drug-likeness (QED) is 0.711. The number of hydrogen-bond acceptors (Lipinski definition) is 3. The minimum absolute atomic E-state index is 0.348. The highest BCUT2D eigenvalue weighted by molar-refractivity contribution is 4.95. The summed E-state index contributed by atoms with van der Waals surface area (Å²) in [5.74, 6) is 0.783. The number of aliphatic hydroxyl groups excluding tert-OH is 1. The predicted octanol–water partition coefficient (Wildman–Crippen LogP) is 1.18. The molecule has 0 bridgehead atoms. The van der Waals surface area contributed by atoms with Crippen LogP contribution in [0.3, 0.4) is 0 Å². The normalized spacial score (nSPS) is 13.3. The average Bonchev–Trinajstić information content (AvgIpc) is 2.39. The molecule has 62 valence electrons. The van der Waals surface area contributed by atoms with Gasteiger partial charge < -0.3 is 14.3 Å². The second-order valence-electron chi connectivity index (χ2n) is 2.44. The van der Waals surface area contributed by atoms with Gasteiger partial charge in [0.25, 0.3) is 0 Å². The van der Waals surface area contributed by atoms with E-state index in [1.165, 1.54) is 0 Å². The van der Waals surface area contributed by atoms with Crippen molar-refractivity contribution in [3.63, 3.8) is 0 Å². The van der Waals surface area contributed by atoms with Crippen LogP contribution in [-0.4, -0.2) is 17.8 Å². The summed E-state index contributed by atoms with van der Waals surface area (Å²) < 4.78 is 10.1. The van der Waals surface area contributed by atoms with Crippen LogP contribution in [0.2, 0.25) is 0 Å². The molecule has 1 rings (SSSR count). The van der Waals surface area contributed by atoms with Crippen molar-refractivity contribution in [3.8, 4) is 0 Å². The summed E-state index contributed by atoms with van der Waals surface area (Å²) in [7, 11) is 0. The van der Waals surface area contributed by atoms with Crippen molar-refractivity contribution < 1.29 is 14.3 Å². The zero-order valence-corrected chi connectivity index (χ0v) is 6.49. The van der Waals surface area contributed by atoms with Crippen molar-refractivity contribution in [2.24, 2.45) is 0 Å². The van der Waals surface area contributed by atoms with E-state index in [-0.39, 0.29) is 0 Å². The van der Waals surface area contributed by atoms with Crippen molar-refractivity contribution in [3.05, 3.63) is 24.2 Å². The van der Waals surface area contributed by atoms with Crippen LogP contribution in [0.5, 0.6) is 0 Å². The number of rotatable bonds is 4. The lowest BCUT2D eigenvalue weighted by molar-refractivity contribution is 0.0308. The molecule has 1 heterocycles. The lowest BCUT2D eigenvalue weighted by Gasteiger charge is -2.03. The van der Waals surface area contributed by atoms with Crippen LogP contribution in [0.25, 0.3) is 0 Å². The van der Waals surface area contributed by atoms with E-state index in [4.69, 9.17) is 14.3 Å². The van der Waals surface area contributed by atoms with E-state index in [9.17, 15) is 0 Å². The van der Waals surface area contributed by atoms with Gasteiger partial charge in [-0.25, -0.2) is 0 Å². The molecular weight excluding hydrogens is 144 g/mol. The second kappa shape index (κ2) is 4.16. The Balaban J connectivity index is 2.14. The lowest BCUT2D eigenvalue weighted by Crippen LogP contribution is -2.09. The predicted molar refractivity (Wildman–Crippen MR) is 40.0 cm³/mol. The molecule has 0 radical (unpaired) electrons. The number of aliphatic hydroxyl groups is 1. The molecule has 0 saturated heterocycles. The number of furan rings is 1. The van der Waals surface area contributed by atoms with Crippen LogP contribution >= 0.6 is 0 Å². The zero-order chi connectivity index (χ0) is 8.10. The van der Waals surface area contributed by atoms with Crippen molar-refractivity contribution in [2.75, 3.05) is 6.61 Å². The fourth-order valence-corrected chi connectivity index (χ4v) is 0.725. The molecule has 0 aliphatic heterocycles. The summed E-state index contributed by atoms with van der Waals surface area (Å²) >= 11 is 0. The maximum Gasteiger partial charge on any atom is 0.129 e. The Hall–Kier alpha value is -0.800. The monoisotopic (exact) mass is 156 g/mol. The topological polar surface area (TPSA) is 42.6 Å². The van der Waals surface area contributed by atoms with Gasteiger partial charge in [-0.05, 0) is 19.1 Å². The molecule has 1 N–H and O–H groups in total. The molecule has 3 nitrogen and oxygen atoms in total. The van der Waals surface area contributed by atoms with Crippen molar-refractivity contribution in [2.45, 2.75) is 19.6 Å². The van der Waals surface area contributed by atoms with E-state index in [1.54, 1.807) is 19.3 Å². The minimum Gasteiger partial charge on any atom is -0.467 e. The van der Waals surface area contributed by atoms with Crippen molar-refractivity contribution in [1.82, 2.24) is 0 Å². The Bertz CT molecular complexity index is 179. The van der Waals surface area contributed by atoms with Gasteiger partial charge >= 0.3 is 0 Å². The Morgan fingerprint density at radius 2 is 2.55 bits per heavy atom. The molecule has 0 aromatic carbocycles. The third-order valence-electron chi connectivity index (χ3n) is 1.18. The van der Waals surface area contributed by atoms with Gasteiger partial charge in [0.15, 0.2) is 0 Å². The van der Waals surface area contributed by atoms with E-state index in [1.807, 2.05) is 6.07 Å². The summed E-state index contributed by atoms with van der Waals surface area (Å²) in [6, 6.07) is 3.64. The van der Waals surface area contributed by atoms with Crippen LogP contribution in [0.4, 0.5) is 0 Å². The van der Waals surface area contributed by atoms with E-state index in [2.05, 4.69) is 0 Å². The molecule has 0 aliphatic carbocycles. The van der Waals surface area contributed by atoms with Gasteiger partial charge in [-0.2, -0.15) is 0 Å². The van der Waals surface area contributed by atoms with Gasteiger partial charge in [0.05, 0.1) is 19.0 Å². The Labute approximate surface area is 65.6 Å². The first kappa shape index (κ1) is 8.30. The Morgan fingerprint density at radius 1 is 1.73 bits per heavy atom. The molecule has 1 atom stereocenters. The molecule has 0 spiro atoms. The van der Waals surface area contributed by atoms with Crippen LogP contribution in [0.15, 0.2) is 22.8 Å². The SMILES string of the molecule is CC(O)COCc1ccco1. The van der Waals surface area contributed by atoms with Crippen molar-refractivity contribution in [1.29, 1.82) is 0 Å². The van der Waals surface area contributed by atoms with Gasteiger partial charge in [-0.1, -0.05) is 0 Å². The Morgan fingerprint density at radius 3 is 3.09 bits per heavy atom. The molecule has 0 amide bonds. The second-order valence-corrected chi connectivity index (χ2v) is 2.44. The maximum absolute atomic E-state index is 8.83. The number of ether oxygens (including phenoxy) is 1. The standard InChI is InChI=1S/C8H12O3/c1-7(9)5-10-6-8-3-2-4-11-8/h2-4,7,9H,5-6H2,1H3. The van der Waals surface area contributed by atoms with Crippen molar-refractivity contribution >= 4 is 0 Å². The van der Waals surface area contributed by atoms with Crippen LogP contribution < -0.4 is 0 Å². The lowest BCUT2D eigenvalue weighted by atomic mass is 10.4. The average molecular weight is 156 g/mol. The van der Waals surface area contributed by atoms with E-state index in [0.29, 0.717) is 13.2 Å². The van der Waals surface area contributed by atoms with Crippen LogP contribution in [-0.2, 0) is 11.3 Å². The Kier molecular flexibility index (Phi) is 3.14. The van der Waals surface area contributed by atoms with Crippen LogP contribution in [0, 0.1) is 0 Å². The van der Waals surface area contributed by atoms with Gasteiger partial charge in [0.2, 0.25) is 0 Å². The fraction of sp³-hybridized carbons (Fsp3) is 0.500. The fourth-order valence-electron chi connectivity index (χ4n) is 0.725. The van der Waals surface area contributed by atoms with Gasteiger partial charge in [0.1, 0.15) is 12.4 Å². The maximum atomic E-state index is 8.83. The largest absolute Gasteiger partial charge is 0.467 e. The smallest absolute Gasteiger partial charge is 0.129 e. The summed E-state index contributed by atoms with van der Waals surface area (Å²) in [6.45, 7) is 2.46. The first-order valence-corrected chi connectivity index (χ1v) is 3.57. The van der Waals surface area contributed by atoms with E-state index in [0.717, 1.165) is 5.76 Å². The molecule has 11 heavy (non-hydrogen) atoms. The van der Waals surface area contributed by atoms with Gasteiger partial charge in [-0.15, -0.1) is 0 Å². The minimum atomic E-state index is -0.412. The highest BCUT2D eigenvalue weighted by atomic mass is 16.5. The van der Waals surface area contributed by atoms with Gasteiger partial charge in [0, 0.05) is 0 Å². The van der Waals surface area contributed by atoms with E-state index >= 15 is 0 Å². The summed E-state index contributed by atoms with van der Waals surface area (Å²) in [6.07, 6.45) is 1.19. The first-order chi connectivity index (χ1) is 5.29. The van der Waals surface area contributed by atoms with E-state index < -0.39 is 6.10 Å². The number of hydrogen-bond donors (Lipinski definition) is 1.